The Labute approximate surface area is 223 Å². The van der Waals surface area contributed by atoms with Gasteiger partial charge < -0.3 is 14.2 Å². The first-order valence-corrected chi connectivity index (χ1v) is 12.5. The van der Waals surface area contributed by atoms with Crippen LogP contribution in [-0.4, -0.2) is 11.9 Å². The molecule has 0 aliphatic carbocycles. The molecule has 0 radical (unpaired) electrons. The normalized spacial score (nSPS) is 13.9. The van der Waals surface area contributed by atoms with Crippen LogP contribution in [0.1, 0.15) is 22.3 Å². The van der Waals surface area contributed by atoms with Crippen molar-refractivity contribution in [2.45, 2.75) is 13.2 Å². The van der Waals surface area contributed by atoms with Crippen LogP contribution in [0, 0.1) is 3.57 Å². The highest BCUT2D eigenvalue weighted by molar-refractivity contribution is 14.1. The quantitative estimate of drug-likeness (QED) is 0.129. The van der Waals surface area contributed by atoms with Crippen molar-refractivity contribution in [3.05, 3.63) is 135 Å². The Hall–Kier alpha value is -3.91. The number of esters is 1. The summed E-state index contributed by atoms with van der Waals surface area (Å²) in [5.74, 6) is 1.01. The van der Waals surface area contributed by atoms with Crippen LogP contribution in [0.25, 0.3) is 6.08 Å². The zero-order valence-electron chi connectivity index (χ0n) is 19.3. The van der Waals surface area contributed by atoms with Gasteiger partial charge in [0.25, 0.3) is 0 Å². The first kappa shape index (κ1) is 23.8. The van der Waals surface area contributed by atoms with Crippen molar-refractivity contribution in [2.24, 2.45) is 4.99 Å². The molecule has 1 aliphatic rings. The monoisotopic (exact) mass is 587 g/mol. The molecule has 0 bridgehead atoms. The molecule has 5 nitrogen and oxygen atoms in total. The summed E-state index contributed by atoms with van der Waals surface area (Å²) >= 11 is 2.23. The van der Waals surface area contributed by atoms with E-state index in [-0.39, 0.29) is 5.70 Å². The third-order valence-corrected chi connectivity index (χ3v) is 6.18. The number of benzene rings is 4. The van der Waals surface area contributed by atoms with Crippen LogP contribution in [0.2, 0.25) is 0 Å². The standard InChI is InChI=1S/C30H22INO4/c31-25-14-12-24(13-15-25)29-32-26(30(33)36-29)17-23-11-16-27(34-19-21-7-3-1-4-8-21)28(18-23)35-20-22-9-5-2-6-10-22/h1-18H,19-20H2/b26-17-. The minimum absolute atomic E-state index is 0.232. The van der Waals surface area contributed by atoms with Gasteiger partial charge in [0.1, 0.15) is 13.2 Å². The summed E-state index contributed by atoms with van der Waals surface area (Å²) in [5, 5.41) is 0. The van der Waals surface area contributed by atoms with E-state index in [0.29, 0.717) is 30.6 Å². The molecule has 0 spiro atoms. The molecule has 0 saturated heterocycles. The highest BCUT2D eigenvalue weighted by Crippen LogP contribution is 2.31. The zero-order chi connectivity index (χ0) is 24.7. The Balaban J connectivity index is 1.40. The van der Waals surface area contributed by atoms with Crippen molar-refractivity contribution in [1.82, 2.24) is 0 Å². The van der Waals surface area contributed by atoms with Crippen LogP contribution < -0.4 is 9.47 Å². The topological polar surface area (TPSA) is 57.1 Å². The van der Waals surface area contributed by atoms with Crippen LogP contribution >= 0.6 is 22.6 Å². The summed E-state index contributed by atoms with van der Waals surface area (Å²) in [5.41, 5.74) is 3.84. The Morgan fingerprint density at radius 1 is 0.750 bits per heavy atom. The minimum atomic E-state index is -0.486. The van der Waals surface area contributed by atoms with Gasteiger partial charge in [-0.15, -0.1) is 0 Å². The number of rotatable bonds is 8. The molecule has 36 heavy (non-hydrogen) atoms. The van der Waals surface area contributed by atoms with Gasteiger partial charge in [0.2, 0.25) is 5.90 Å². The van der Waals surface area contributed by atoms with Gasteiger partial charge in [0, 0.05) is 9.13 Å². The molecular formula is C30H22INO4. The van der Waals surface area contributed by atoms with Crippen molar-refractivity contribution < 1.29 is 19.0 Å². The van der Waals surface area contributed by atoms with Crippen LogP contribution in [0.5, 0.6) is 11.5 Å². The van der Waals surface area contributed by atoms with Crippen molar-refractivity contribution in [2.75, 3.05) is 0 Å². The molecule has 0 unspecified atom stereocenters. The zero-order valence-corrected chi connectivity index (χ0v) is 21.4. The van der Waals surface area contributed by atoms with E-state index in [4.69, 9.17) is 14.2 Å². The summed E-state index contributed by atoms with van der Waals surface area (Å²) in [6.07, 6.45) is 1.69. The van der Waals surface area contributed by atoms with Gasteiger partial charge in [0.15, 0.2) is 17.2 Å². The number of carbonyl (C=O) groups excluding carboxylic acids is 1. The van der Waals surface area contributed by atoms with Gasteiger partial charge in [0.05, 0.1) is 0 Å². The first-order valence-electron chi connectivity index (χ1n) is 11.4. The summed E-state index contributed by atoms with van der Waals surface area (Å²) in [6.45, 7) is 0.804. The maximum atomic E-state index is 12.5. The molecule has 0 aromatic heterocycles. The fraction of sp³-hybridized carbons (Fsp3) is 0.0667. The number of cyclic esters (lactones) is 1. The number of hydrogen-bond donors (Lipinski definition) is 0. The Bertz CT molecular complexity index is 1410. The summed E-state index contributed by atoms with van der Waals surface area (Å²) in [4.78, 5) is 16.9. The maximum Gasteiger partial charge on any atom is 0.363 e. The molecular weight excluding hydrogens is 565 g/mol. The molecule has 0 N–H and O–H groups in total. The lowest BCUT2D eigenvalue weighted by Crippen LogP contribution is -2.05. The molecule has 1 aliphatic heterocycles. The lowest BCUT2D eigenvalue weighted by atomic mass is 10.1. The number of ether oxygens (including phenoxy) is 3. The largest absolute Gasteiger partial charge is 0.485 e. The van der Waals surface area contributed by atoms with Crippen molar-refractivity contribution in [3.63, 3.8) is 0 Å². The van der Waals surface area contributed by atoms with Crippen LogP contribution in [0.3, 0.4) is 0 Å². The lowest BCUT2D eigenvalue weighted by Gasteiger charge is -2.14. The molecule has 178 valence electrons. The second-order valence-corrected chi connectivity index (χ2v) is 9.34. The number of aliphatic imine (C=N–C) groups is 1. The van der Waals surface area contributed by atoms with Gasteiger partial charge in [-0.1, -0.05) is 66.7 Å². The molecule has 6 heteroatoms. The molecule has 1 heterocycles. The van der Waals surface area contributed by atoms with Crippen LogP contribution in [-0.2, 0) is 22.7 Å². The second-order valence-electron chi connectivity index (χ2n) is 8.10. The van der Waals surface area contributed by atoms with E-state index in [0.717, 1.165) is 25.8 Å². The molecule has 4 aromatic rings. The predicted molar refractivity (Wildman–Crippen MR) is 148 cm³/mol. The molecule has 0 atom stereocenters. The van der Waals surface area contributed by atoms with Gasteiger partial charge in [-0.3, -0.25) is 0 Å². The Morgan fingerprint density at radius 2 is 1.36 bits per heavy atom. The van der Waals surface area contributed by atoms with E-state index in [9.17, 15) is 4.79 Å². The van der Waals surface area contributed by atoms with Gasteiger partial charge in [-0.2, -0.15) is 0 Å². The van der Waals surface area contributed by atoms with Crippen LogP contribution in [0.15, 0.2) is 114 Å². The average molecular weight is 587 g/mol. The Kier molecular flexibility index (Phi) is 7.42. The number of halogens is 1. The molecule has 0 fully saturated rings. The number of carbonyl (C=O) groups is 1. The van der Waals surface area contributed by atoms with Crippen molar-refractivity contribution >= 4 is 40.5 Å². The SMILES string of the molecule is O=C1OC(c2ccc(I)cc2)=N/C1=C\c1ccc(OCc2ccccc2)c(OCc2ccccc2)c1. The smallest absolute Gasteiger partial charge is 0.363 e. The highest BCUT2D eigenvalue weighted by atomic mass is 127. The van der Waals surface area contributed by atoms with Gasteiger partial charge in [-0.05, 0) is 81.8 Å². The summed E-state index contributed by atoms with van der Waals surface area (Å²) in [6, 6.07) is 33.1. The molecule has 0 saturated carbocycles. The van der Waals surface area contributed by atoms with Gasteiger partial charge in [-0.25, -0.2) is 9.79 Å². The van der Waals surface area contributed by atoms with Gasteiger partial charge >= 0.3 is 5.97 Å². The fourth-order valence-electron chi connectivity index (χ4n) is 3.60. The highest BCUT2D eigenvalue weighted by Gasteiger charge is 2.24. The lowest BCUT2D eigenvalue weighted by molar-refractivity contribution is -0.129. The second kappa shape index (κ2) is 11.2. The van der Waals surface area contributed by atoms with E-state index in [1.165, 1.54) is 0 Å². The summed E-state index contributed by atoms with van der Waals surface area (Å²) < 4.78 is 18.7. The maximum absolute atomic E-state index is 12.5. The van der Waals surface area contributed by atoms with Crippen molar-refractivity contribution in [3.8, 4) is 11.5 Å². The number of nitrogens with zero attached hydrogens (tertiary/aromatic N) is 1. The average Bonchev–Trinajstić information content (AvgIpc) is 3.28. The third-order valence-electron chi connectivity index (χ3n) is 5.46. The predicted octanol–water partition coefficient (Wildman–Crippen LogP) is 6.79. The first-order chi connectivity index (χ1) is 17.6. The van der Waals surface area contributed by atoms with E-state index < -0.39 is 5.97 Å². The molecule has 5 rings (SSSR count). The van der Waals surface area contributed by atoms with E-state index in [2.05, 4.69) is 27.6 Å². The Morgan fingerprint density at radius 3 is 2.00 bits per heavy atom. The fourth-order valence-corrected chi connectivity index (χ4v) is 3.96. The third kappa shape index (κ3) is 6.01. The van der Waals surface area contributed by atoms with E-state index in [1.54, 1.807) is 6.08 Å². The van der Waals surface area contributed by atoms with E-state index >= 15 is 0 Å². The minimum Gasteiger partial charge on any atom is -0.485 e. The van der Waals surface area contributed by atoms with E-state index in [1.807, 2.05) is 103 Å². The van der Waals surface area contributed by atoms with Crippen molar-refractivity contribution in [1.29, 1.82) is 0 Å². The van der Waals surface area contributed by atoms with Crippen LogP contribution in [0.4, 0.5) is 0 Å². The molecule has 0 amide bonds. The summed E-state index contributed by atoms with van der Waals surface area (Å²) in [7, 11) is 0. The molecule has 4 aromatic carbocycles. The number of hydrogen-bond acceptors (Lipinski definition) is 5.